The normalized spacial score (nSPS) is 14.4. The molecule has 194 valence electrons. The minimum atomic E-state index is 0.231. The highest BCUT2D eigenvalue weighted by Gasteiger charge is 2.22. The Balaban J connectivity index is 1.46. The monoisotopic (exact) mass is 557 g/mol. The first kappa shape index (κ1) is 26.0. The van der Waals surface area contributed by atoms with Crippen LogP contribution < -0.4 is 15.0 Å². The van der Waals surface area contributed by atoms with E-state index >= 15 is 0 Å². The highest BCUT2D eigenvalue weighted by Crippen LogP contribution is 2.40. The second-order valence-electron chi connectivity index (χ2n) is 8.94. The second-order valence-corrected chi connectivity index (χ2v) is 11.0. The Hall–Kier alpha value is -2.65. The smallest absolute Gasteiger partial charge is 0.227 e. The van der Waals surface area contributed by atoms with E-state index in [-0.39, 0.29) is 6.61 Å². The molecule has 7 nitrogen and oxygen atoms in total. The molecule has 1 aliphatic rings. The molecule has 2 N–H and O–H groups in total. The third kappa shape index (κ3) is 5.34. The summed E-state index contributed by atoms with van der Waals surface area (Å²) in [4.78, 5) is 11.4. The summed E-state index contributed by atoms with van der Waals surface area (Å²) < 4.78 is 7.85. The van der Waals surface area contributed by atoms with Gasteiger partial charge in [-0.05, 0) is 42.8 Å². The van der Waals surface area contributed by atoms with Gasteiger partial charge in [0.25, 0.3) is 0 Å². The third-order valence-electron chi connectivity index (χ3n) is 6.67. The molecule has 1 fully saturated rings. The standard InChI is InChI=1S/C27H29Cl2N5O2S/c1-3-37-34-15-19(18-6-4-5-7-23(18)34)26-21(29)14-30-27(32-26)31-22-12-20(28)24(13-25(22)36-2)33-10-8-17(16-35)9-11-33/h4-7,12-15,17,35H,3,8-11,16H2,1-2H3,(H,30,31,32). The number of anilines is 3. The molecule has 0 unspecified atom stereocenters. The number of nitrogens with zero attached hydrogens (tertiary/aromatic N) is 4. The average molecular weight is 559 g/mol. The zero-order valence-corrected chi connectivity index (χ0v) is 23.1. The molecule has 5 rings (SSSR count). The number of fused-ring (bicyclic) bond motifs is 1. The number of ether oxygens (including phenoxy) is 1. The fraction of sp³-hybridized carbons (Fsp3) is 0.333. The number of rotatable bonds is 8. The lowest BCUT2D eigenvalue weighted by Gasteiger charge is -2.33. The van der Waals surface area contributed by atoms with Crippen molar-refractivity contribution in [2.45, 2.75) is 19.8 Å². The molecule has 0 radical (unpaired) electrons. The molecule has 3 heterocycles. The van der Waals surface area contributed by atoms with Crippen LogP contribution in [0, 0.1) is 5.92 Å². The Morgan fingerprint density at radius 3 is 2.68 bits per heavy atom. The fourth-order valence-corrected chi connectivity index (χ4v) is 5.96. The Morgan fingerprint density at radius 1 is 1.16 bits per heavy atom. The van der Waals surface area contributed by atoms with E-state index in [2.05, 4.69) is 44.4 Å². The van der Waals surface area contributed by atoms with Gasteiger partial charge in [0, 0.05) is 48.7 Å². The topological polar surface area (TPSA) is 75.4 Å². The van der Waals surface area contributed by atoms with Crippen LogP contribution in [0.2, 0.25) is 10.0 Å². The number of aliphatic hydroxyl groups excluding tert-OH is 1. The van der Waals surface area contributed by atoms with Gasteiger partial charge in [-0.25, -0.2) is 9.97 Å². The number of para-hydroxylation sites is 1. The zero-order chi connectivity index (χ0) is 25.9. The van der Waals surface area contributed by atoms with E-state index < -0.39 is 0 Å². The summed E-state index contributed by atoms with van der Waals surface area (Å²) in [5, 5.41) is 14.9. The molecule has 2 aromatic carbocycles. The predicted octanol–water partition coefficient (Wildman–Crippen LogP) is 6.88. The Bertz CT molecular complexity index is 1410. The number of aliphatic hydroxyl groups is 1. The molecule has 2 aromatic heterocycles. The summed E-state index contributed by atoms with van der Waals surface area (Å²) >= 11 is 15.0. The SMILES string of the molecule is CCSn1cc(-c2nc(Nc3cc(Cl)c(N4CCC(CO)CC4)cc3OC)ncc2Cl)c2ccccc21. The number of methoxy groups -OCH3 is 1. The van der Waals surface area contributed by atoms with Crippen molar-refractivity contribution in [2.75, 3.05) is 42.8 Å². The maximum Gasteiger partial charge on any atom is 0.227 e. The van der Waals surface area contributed by atoms with E-state index in [4.69, 9.17) is 32.9 Å². The maximum absolute atomic E-state index is 9.45. The van der Waals surface area contributed by atoms with E-state index in [0.29, 0.717) is 39.0 Å². The van der Waals surface area contributed by atoms with Gasteiger partial charge in [-0.2, -0.15) is 0 Å². The number of piperidine rings is 1. The molecule has 4 aromatic rings. The lowest BCUT2D eigenvalue weighted by molar-refractivity contribution is 0.203. The van der Waals surface area contributed by atoms with Gasteiger partial charge in [0.1, 0.15) is 5.75 Å². The Labute approximate surface area is 230 Å². The molecule has 0 amide bonds. The number of benzene rings is 2. The molecule has 1 saturated heterocycles. The van der Waals surface area contributed by atoms with Gasteiger partial charge in [-0.3, -0.25) is 3.97 Å². The van der Waals surface area contributed by atoms with Gasteiger partial charge >= 0.3 is 0 Å². The Morgan fingerprint density at radius 2 is 1.95 bits per heavy atom. The average Bonchev–Trinajstić information content (AvgIpc) is 3.28. The summed E-state index contributed by atoms with van der Waals surface area (Å²) in [6.07, 6.45) is 5.55. The number of halogens is 2. The van der Waals surface area contributed by atoms with E-state index in [1.165, 1.54) is 0 Å². The van der Waals surface area contributed by atoms with Crippen molar-refractivity contribution in [1.29, 1.82) is 0 Å². The van der Waals surface area contributed by atoms with Crippen LogP contribution in [-0.4, -0.2) is 51.6 Å². The van der Waals surface area contributed by atoms with Crippen molar-refractivity contribution in [3.05, 3.63) is 58.8 Å². The van der Waals surface area contributed by atoms with Gasteiger partial charge < -0.3 is 20.1 Å². The van der Waals surface area contributed by atoms with Crippen molar-refractivity contribution >= 4 is 63.4 Å². The van der Waals surface area contributed by atoms with Crippen molar-refractivity contribution < 1.29 is 9.84 Å². The maximum atomic E-state index is 9.45. The first-order chi connectivity index (χ1) is 18.0. The molecular formula is C27H29Cl2N5O2S. The van der Waals surface area contributed by atoms with E-state index in [1.54, 1.807) is 25.3 Å². The van der Waals surface area contributed by atoms with Crippen LogP contribution in [0.5, 0.6) is 5.75 Å². The van der Waals surface area contributed by atoms with Crippen molar-refractivity contribution in [2.24, 2.45) is 5.92 Å². The molecule has 37 heavy (non-hydrogen) atoms. The van der Waals surface area contributed by atoms with Crippen molar-refractivity contribution in [1.82, 2.24) is 13.9 Å². The lowest BCUT2D eigenvalue weighted by Crippen LogP contribution is -2.34. The highest BCUT2D eigenvalue weighted by molar-refractivity contribution is 7.97. The zero-order valence-electron chi connectivity index (χ0n) is 20.7. The third-order valence-corrected chi connectivity index (χ3v) is 8.09. The molecule has 0 bridgehead atoms. The largest absolute Gasteiger partial charge is 0.494 e. The molecule has 0 aliphatic carbocycles. The molecule has 0 saturated carbocycles. The summed E-state index contributed by atoms with van der Waals surface area (Å²) in [6, 6.07) is 12.0. The quantitative estimate of drug-likeness (QED) is 0.244. The minimum absolute atomic E-state index is 0.231. The summed E-state index contributed by atoms with van der Waals surface area (Å²) in [6.45, 7) is 4.04. The molecule has 0 atom stereocenters. The van der Waals surface area contributed by atoms with Crippen LogP contribution >= 0.6 is 35.1 Å². The summed E-state index contributed by atoms with van der Waals surface area (Å²) in [5.41, 5.74) is 4.29. The molecular weight excluding hydrogens is 529 g/mol. The first-order valence-corrected chi connectivity index (χ1v) is 14.0. The molecule has 1 aliphatic heterocycles. The van der Waals surface area contributed by atoms with Gasteiger partial charge in [0.15, 0.2) is 0 Å². The van der Waals surface area contributed by atoms with Gasteiger partial charge in [-0.15, -0.1) is 0 Å². The van der Waals surface area contributed by atoms with Gasteiger partial charge in [0.2, 0.25) is 5.95 Å². The number of nitrogens with one attached hydrogen (secondary N) is 1. The van der Waals surface area contributed by atoms with Crippen LogP contribution in [0.1, 0.15) is 19.8 Å². The number of hydrogen-bond acceptors (Lipinski definition) is 7. The Kier molecular flexibility index (Phi) is 8.00. The van der Waals surface area contributed by atoms with Crippen LogP contribution in [0.3, 0.4) is 0 Å². The highest BCUT2D eigenvalue weighted by atomic mass is 35.5. The van der Waals surface area contributed by atoms with Crippen molar-refractivity contribution in [3.8, 4) is 17.0 Å². The first-order valence-electron chi connectivity index (χ1n) is 12.3. The van der Waals surface area contributed by atoms with E-state index in [9.17, 15) is 5.11 Å². The van der Waals surface area contributed by atoms with Gasteiger partial charge in [0.05, 0.1) is 45.9 Å². The second kappa shape index (κ2) is 11.4. The van der Waals surface area contributed by atoms with Crippen LogP contribution in [0.4, 0.5) is 17.3 Å². The summed E-state index contributed by atoms with van der Waals surface area (Å²) in [7, 11) is 1.63. The number of hydrogen-bond donors (Lipinski definition) is 2. The summed E-state index contributed by atoms with van der Waals surface area (Å²) in [5.74, 6) is 2.33. The fourth-order valence-electron chi connectivity index (χ4n) is 4.73. The molecule has 0 spiro atoms. The van der Waals surface area contributed by atoms with E-state index in [0.717, 1.165) is 53.8 Å². The van der Waals surface area contributed by atoms with E-state index in [1.807, 2.05) is 24.3 Å². The minimum Gasteiger partial charge on any atom is -0.494 e. The lowest BCUT2D eigenvalue weighted by atomic mass is 9.97. The number of aromatic nitrogens is 3. The van der Waals surface area contributed by atoms with Crippen LogP contribution in [0.15, 0.2) is 48.8 Å². The van der Waals surface area contributed by atoms with Gasteiger partial charge in [-0.1, -0.05) is 48.3 Å². The van der Waals surface area contributed by atoms with Crippen LogP contribution in [0.25, 0.3) is 22.2 Å². The van der Waals surface area contributed by atoms with Crippen LogP contribution in [-0.2, 0) is 0 Å². The van der Waals surface area contributed by atoms with Crippen molar-refractivity contribution in [3.63, 3.8) is 0 Å². The molecule has 10 heteroatoms. The predicted molar refractivity (Wildman–Crippen MR) is 155 cm³/mol.